The summed E-state index contributed by atoms with van der Waals surface area (Å²) in [5.41, 5.74) is 3.93. The van der Waals surface area contributed by atoms with Crippen LogP contribution in [0.1, 0.15) is 65.6 Å². The molecule has 0 saturated heterocycles. The summed E-state index contributed by atoms with van der Waals surface area (Å²) in [6.45, 7) is 7.32. The second-order valence-electron chi connectivity index (χ2n) is 9.97. The molecule has 0 radical (unpaired) electrons. The Balaban J connectivity index is 1.48. The van der Waals surface area contributed by atoms with Gasteiger partial charge in [0.2, 0.25) is 0 Å². The molecule has 2 aromatic carbocycles. The first-order chi connectivity index (χ1) is 20.1. The van der Waals surface area contributed by atoms with Crippen LogP contribution in [0.25, 0.3) is 0 Å². The maximum absolute atomic E-state index is 12.3. The summed E-state index contributed by atoms with van der Waals surface area (Å²) in [4.78, 5) is 24.1. The number of likely N-dealkylation sites (N-methyl/N-ethyl adjacent to an activating group) is 1. The molecule has 1 aliphatic carbocycles. The lowest BCUT2D eigenvalue weighted by Gasteiger charge is -2.21. The third kappa shape index (κ3) is 10.2. The van der Waals surface area contributed by atoms with E-state index in [2.05, 4.69) is 11.9 Å². The van der Waals surface area contributed by atoms with Crippen LogP contribution >= 0.6 is 0 Å². The van der Waals surface area contributed by atoms with E-state index in [1.165, 1.54) is 7.11 Å². The van der Waals surface area contributed by atoms with Crippen molar-refractivity contribution in [2.45, 2.75) is 57.8 Å². The zero-order valence-corrected chi connectivity index (χ0v) is 24.6. The predicted molar refractivity (Wildman–Crippen MR) is 159 cm³/mol. The predicted octanol–water partition coefficient (Wildman–Crippen LogP) is 5.28. The van der Waals surface area contributed by atoms with Gasteiger partial charge in [0.05, 0.1) is 33.5 Å². The number of nitrogens with one attached hydrogen (secondary N) is 1. The maximum Gasteiger partial charge on any atom is 0.305 e. The van der Waals surface area contributed by atoms with Gasteiger partial charge in [-0.1, -0.05) is 12.1 Å². The van der Waals surface area contributed by atoms with E-state index >= 15 is 0 Å². The van der Waals surface area contributed by atoms with Crippen molar-refractivity contribution in [1.29, 1.82) is 0 Å². The normalized spacial score (nSPS) is 12.5. The van der Waals surface area contributed by atoms with Crippen LogP contribution in [0.3, 0.4) is 0 Å². The molecule has 0 unspecified atom stereocenters. The van der Waals surface area contributed by atoms with Crippen molar-refractivity contribution in [3.63, 3.8) is 0 Å². The second-order valence-corrected chi connectivity index (χ2v) is 9.97. The van der Waals surface area contributed by atoms with Gasteiger partial charge < -0.3 is 29.0 Å². The van der Waals surface area contributed by atoms with Gasteiger partial charge in [-0.25, -0.2) is 0 Å². The first-order valence-electron chi connectivity index (χ1n) is 14.7. The third-order valence-corrected chi connectivity index (χ3v) is 7.05. The number of ether oxygens (including phenoxy) is 5. The third-order valence-electron chi connectivity index (χ3n) is 7.05. The van der Waals surface area contributed by atoms with Gasteiger partial charge >= 0.3 is 5.97 Å². The number of Topliss-reactive ketones (excluding diaryl/α,β-unsaturated/α-hetero) is 1. The van der Waals surface area contributed by atoms with E-state index < -0.39 is 0 Å². The fourth-order valence-corrected chi connectivity index (χ4v) is 4.91. The summed E-state index contributed by atoms with van der Waals surface area (Å²) in [5.74, 6) is 2.22. The molecule has 0 aliphatic heterocycles. The van der Waals surface area contributed by atoms with Gasteiger partial charge in [-0.2, -0.15) is 0 Å². The van der Waals surface area contributed by atoms with E-state index in [0.717, 1.165) is 72.4 Å². The summed E-state index contributed by atoms with van der Waals surface area (Å²) in [6, 6.07) is 9.55. The molecule has 0 amide bonds. The SMILES string of the molecule is C=CCc1c(OCCCCCOc2cccc(OCCOCCNC)c2CCC(=O)OC)ccc2c1CCCC2=O. The Morgan fingerprint density at radius 1 is 0.902 bits per heavy atom. The van der Waals surface area contributed by atoms with E-state index in [1.54, 1.807) is 0 Å². The molecule has 0 fully saturated rings. The summed E-state index contributed by atoms with van der Waals surface area (Å²) < 4.78 is 28.6. The number of benzene rings is 2. The van der Waals surface area contributed by atoms with Gasteiger partial charge in [0.25, 0.3) is 0 Å². The highest BCUT2D eigenvalue weighted by Crippen LogP contribution is 2.33. The van der Waals surface area contributed by atoms with Crippen molar-refractivity contribution in [2.24, 2.45) is 0 Å². The summed E-state index contributed by atoms with van der Waals surface area (Å²) >= 11 is 0. The van der Waals surface area contributed by atoms with Crippen molar-refractivity contribution >= 4 is 11.8 Å². The molecule has 0 bridgehead atoms. The number of hydrogen-bond acceptors (Lipinski definition) is 8. The summed E-state index contributed by atoms with van der Waals surface area (Å²) in [5, 5.41) is 3.04. The zero-order valence-electron chi connectivity index (χ0n) is 24.6. The van der Waals surface area contributed by atoms with E-state index in [9.17, 15) is 9.59 Å². The number of esters is 1. The monoisotopic (exact) mass is 567 g/mol. The topological polar surface area (TPSA) is 92.3 Å². The Labute approximate surface area is 244 Å². The van der Waals surface area contributed by atoms with Crippen LogP contribution in [0.15, 0.2) is 43.0 Å². The van der Waals surface area contributed by atoms with E-state index in [1.807, 2.05) is 43.5 Å². The Hall–Kier alpha value is -3.36. The van der Waals surface area contributed by atoms with Gasteiger partial charge in [-0.05, 0) is 81.8 Å². The number of rotatable bonds is 20. The Morgan fingerprint density at radius 3 is 2.29 bits per heavy atom. The average Bonchev–Trinajstić information content (AvgIpc) is 2.98. The van der Waals surface area contributed by atoms with Crippen molar-refractivity contribution in [3.05, 3.63) is 65.2 Å². The fourth-order valence-electron chi connectivity index (χ4n) is 4.91. The number of carbonyl (C=O) groups is 2. The molecule has 1 aliphatic rings. The zero-order chi connectivity index (χ0) is 29.3. The Bertz CT molecular complexity index is 1130. The molecular weight excluding hydrogens is 522 g/mol. The summed E-state index contributed by atoms with van der Waals surface area (Å²) in [6.07, 6.45) is 8.40. The van der Waals surface area contributed by atoms with E-state index in [-0.39, 0.29) is 18.2 Å². The molecule has 2 aromatic rings. The molecule has 3 rings (SSSR count). The fraction of sp³-hybridized carbons (Fsp3) is 0.515. The lowest BCUT2D eigenvalue weighted by molar-refractivity contribution is -0.140. The molecule has 0 spiro atoms. The minimum atomic E-state index is -0.275. The standard InChI is InChI=1S/C33H45NO7/c1-4-10-27-25-11-8-12-29(35)26(25)15-17-32(27)40-21-7-5-6-20-39-30-13-9-14-31(28(30)16-18-33(36)37-3)41-24-23-38-22-19-34-2/h4,9,13-15,17,34H,1,5-8,10-12,16,18-24H2,2-3H3. The van der Waals surface area contributed by atoms with Crippen molar-refractivity contribution in [3.8, 4) is 17.2 Å². The molecule has 8 heteroatoms. The first-order valence-corrected chi connectivity index (χ1v) is 14.7. The molecule has 1 N–H and O–H groups in total. The lowest BCUT2D eigenvalue weighted by Crippen LogP contribution is -2.17. The number of fused-ring (bicyclic) bond motifs is 1. The van der Waals surface area contributed by atoms with Gasteiger partial charge in [0, 0.05) is 36.1 Å². The van der Waals surface area contributed by atoms with Crippen LogP contribution < -0.4 is 19.5 Å². The molecule has 8 nitrogen and oxygen atoms in total. The molecule has 0 aromatic heterocycles. The van der Waals surface area contributed by atoms with Crippen molar-refractivity contribution < 1.29 is 33.3 Å². The molecule has 0 heterocycles. The minimum absolute atomic E-state index is 0.225. The van der Waals surface area contributed by atoms with E-state index in [0.29, 0.717) is 58.0 Å². The number of ketones is 1. The van der Waals surface area contributed by atoms with Gasteiger partial charge in [0.15, 0.2) is 5.78 Å². The highest BCUT2D eigenvalue weighted by Gasteiger charge is 2.22. The van der Waals surface area contributed by atoms with Crippen LogP contribution in [0.5, 0.6) is 17.2 Å². The largest absolute Gasteiger partial charge is 0.493 e. The van der Waals surface area contributed by atoms with Crippen molar-refractivity contribution in [2.75, 3.05) is 53.7 Å². The number of methoxy groups -OCH3 is 1. The quantitative estimate of drug-likeness (QED) is 0.131. The van der Waals surface area contributed by atoms with Gasteiger partial charge in [0.1, 0.15) is 23.9 Å². The number of unbranched alkanes of at least 4 members (excludes halogenated alkanes) is 2. The molecule has 41 heavy (non-hydrogen) atoms. The Kier molecular flexibility index (Phi) is 14.2. The molecule has 224 valence electrons. The Morgan fingerprint density at radius 2 is 1.61 bits per heavy atom. The van der Waals surface area contributed by atoms with Crippen LogP contribution in [0.4, 0.5) is 0 Å². The average molecular weight is 568 g/mol. The molecule has 0 saturated carbocycles. The number of hydrogen-bond donors (Lipinski definition) is 1. The second kappa shape index (κ2) is 18.1. The van der Waals surface area contributed by atoms with Crippen LogP contribution in [0.2, 0.25) is 0 Å². The smallest absolute Gasteiger partial charge is 0.305 e. The van der Waals surface area contributed by atoms with Crippen LogP contribution in [-0.2, 0) is 33.5 Å². The summed E-state index contributed by atoms with van der Waals surface area (Å²) in [7, 11) is 3.27. The molecular formula is C33H45NO7. The number of carbonyl (C=O) groups excluding carboxylic acids is 2. The van der Waals surface area contributed by atoms with Crippen molar-refractivity contribution in [1.82, 2.24) is 5.32 Å². The van der Waals surface area contributed by atoms with Gasteiger partial charge in [-0.15, -0.1) is 6.58 Å². The number of allylic oxidation sites excluding steroid dienone is 1. The van der Waals surface area contributed by atoms with Crippen LogP contribution in [-0.4, -0.2) is 65.5 Å². The van der Waals surface area contributed by atoms with Crippen LogP contribution in [0, 0.1) is 0 Å². The first kappa shape index (κ1) is 32.2. The minimum Gasteiger partial charge on any atom is -0.493 e. The maximum atomic E-state index is 12.3. The van der Waals surface area contributed by atoms with E-state index in [4.69, 9.17) is 23.7 Å². The van der Waals surface area contributed by atoms with Gasteiger partial charge in [-0.3, -0.25) is 9.59 Å². The highest BCUT2D eigenvalue weighted by molar-refractivity contribution is 5.99. The lowest BCUT2D eigenvalue weighted by atomic mass is 9.86. The highest BCUT2D eigenvalue weighted by atomic mass is 16.5. The molecule has 0 atom stereocenters.